The van der Waals surface area contributed by atoms with Gasteiger partial charge in [-0.05, 0) is 48.1 Å². The van der Waals surface area contributed by atoms with Gasteiger partial charge in [0, 0.05) is 34.8 Å². The molecule has 0 fully saturated rings. The fourth-order valence-corrected chi connectivity index (χ4v) is 3.80. The van der Waals surface area contributed by atoms with Crippen LogP contribution in [0.3, 0.4) is 0 Å². The van der Waals surface area contributed by atoms with Crippen LogP contribution in [0.15, 0.2) is 42.1 Å². The van der Waals surface area contributed by atoms with Gasteiger partial charge in [-0.25, -0.2) is 4.79 Å². The number of nitrogens with zero attached hydrogens (tertiary/aromatic N) is 1. The third kappa shape index (κ3) is 3.18. The third-order valence-corrected chi connectivity index (χ3v) is 5.29. The summed E-state index contributed by atoms with van der Waals surface area (Å²) in [4.78, 5) is 13.7. The summed E-state index contributed by atoms with van der Waals surface area (Å²) in [6.45, 7) is 12.2. The van der Waals surface area contributed by atoms with Crippen molar-refractivity contribution in [3.05, 3.63) is 58.8 Å². The van der Waals surface area contributed by atoms with Crippen molar-refractivity contribution in [2.75, 3.05) is 7.11 Å². The summed E-state index contributed by atoms with van der Waals surface area (Å²) >= 11 is 0. The van der Waals surface area contributed by atoms with E-state index in [9.17, 15) is 9.90 Å². The van der Waals surface area contributed by atoms with E-state index in [0.29, 0.717) is 17.0 Å². The van der Waals surface area contributed by atoms with Crippen molar-refractivity contribution in [1.29, 1.82) is 5.41 Å². The minimum atomic E-state index is -0.971. The van der Waals surface area contributed by atoms with Crippen LogP contribution < -0.4 is 4.74 Å². The minimum Gasteiger partial charge on any atom is -0.496 e. The van der Waals surface area contributed by atoms with Crippen LogP contribution in [0.4, 0.5) is 0 Å². The molecule has 0 aliphatic carbocycles. The summed E-state index contributed by atoms with van der Waals surface area (Å²) in [5, 5.41) is 17.6. The van der Waals surface area contributed by atoms with E-state index in [1.807, 2.05) is 18.2 Å². The zero-order valence-electron chi connectivity index (χ0n) is 16.5. The van der Waals surface area contributed by atoms with Gasteiger partial charge in [0.1, 0.15) is 5.75 Å². The first-order valence-electron chi connectivity index (χ1n) is 8.95. The maximum atomic E-state index is 11.6. The van der Waals surface area contributed by atoms with Crippen molar-refractivity contribution in [1.82, 2.24) is 4.90 Å². The fourth-order valence-electron chi connectivity index (χ4n) is 3.80. The van der Waals surface area contributed by atoms with Crippen molar-refractivity contribution in [3.63, 3.8) is 0 Å². The van der Waals surface area contributed by atoms with Gasteiger partial charge in [0.05, 0.1) is 12.7 Å². The molecule has 0 saturated carbocycles. The van der Waals surface area contributed by atoms with E-state index in [4.69, 9.17) is 10.1 Å². The highest BCUT2D eigenvalue weighted by molar-refractivity contribution is 6.00. The Morgan fingerprint density at radius 1 is 1.37 bits per heavy atom. The maximum absolute atomic E-state index is 11.6. The lowest BCUT2D eigenvalue weighted by Gasteiger charge is -2.46. The first-order valence-corrected chi connectivity index (χ1v) is 8.95. The molecule has 2 aliphatic rings. The van der Waals surface area contributed by atoms with E-state index in [-0.39, 0.29) is 17.0 Å². The first kappa shape index (κ1) is 19.0. The Kier molecular flexibility index (Phi) is 4.50. The maximum Gasteiger partial charge on any atom is 0.337 e. The average molecular weight is 366 g/mol. The summed E-state index contributed by atoms with van der Waals surface area (Å²) in [5.41, 5.74) is 4.94. The second-order valence-corrected chi connectivity index (χ2v) is 8.23. The van der Waals surface area contributed by atoms with Crippen molar-refractivity contribution in [3.8, 4) is 5.75 Å². The van der Waals surface area contributed by atoms with Gasteiger partial charge in [-0.2, -0.15) is 0 Å². The SMILES string of the molecule is C=C1C=C2c3cc(OC)c(C(C)=N)cc3CC(C(C)(C)C)N2C=C1C(=O)O. The molecule has 5 heteroatoms. The lowest BCUT2D eigenvalue weighted by molar-refractivity contribution is -0.132. The number of methoxy groups -OCH3 is 1. The number of carbonyl (C=O) groups is 1. The molecule has 0 aromatic heterocycles. The summed E-state index contributed by atoms with van der Waals surface area (Å²) in [6, 6.07) is 4.07. The third-order valence-electron chi connectivity index (χ3n) is 5.29. The normalized spacial score (nSPS) is 18.9. The van der Waals surface area contributed by atoms with E-state index < -0.39 is 5.97 Å². The molecule has 142 valence electrons. The minimum absolute atomic E-state index is 0.0740. The smallest absolute Gasteiger partial charge is 0.337 e. The number of carboxylic acids is 1. The van der Waals surface area contributed by atoms with Gasteiger partial charge in [0.15, 0.2) is 0 Å². The average Bonchev–Trinajstić information content (AvgIpc) is 2.58. The van der Waals surface area contributed by atoms with Crippen LogP contribution in [0.2, 0.25) is 0 Å². The molecule has 2 N–H and O–H groups in total. The topological polar surface area (TPSA) is 73.6 Å². The van der Waals surface area contributed by atoms with Crippen LogP contribution in [0, 0.1) is 10.8 Å². The number of carboxylic acid groups (broad SMARTS) is 1. The molecular weight excluding hydrogens is 340 g/mol. The van der Waals surface area contributed by atoms with Gasteiger partial charge in [-0.1, -0.05) is 27.4 Å². The Labute approximate surface area is 160 Å². The molecule has 0 amide bonds. The molecule has 2 heterocycles. The molecule has 1 aromatic rings. The molecule has 5 nitrogen and oxygen atoms in total. The molecule has 3 rings (SSSR count). The summed E-state index contributed by atoms with van der Waals surface area (Å²) in [7, 11) is 1.60. The molecule has 0 saturated heterocycles. The number of rotatable bonds is 3. The number of nitrogens with one attached hydrogen (secondary N) is 1. The van der Waals surface area contributed by atoms with Crippen LogP contribution in [0.25, 0.3) is 5.70 Å². The Morgan fingerprint density at radius 3 is 2.56 bits per heavy atom. The Morgan fingerprint density at radius 2 is 2.04 bits per heavy atom. The Hall–Kier alpha value is -2.82. The van der Waals surface area contributed by atoms with E-state index in [0.717, 1.165) is 28.8 Å². The van der Waals surface area contributed by atoms with Gasteiger partial charge in [0.2, 0.25) is 0 Å². The molecule has 1 unspecified atom stereocenters. The van der Waals surface area contributed by atoms with Crippen molar-refractivity contribution in [2.24, 2.45) is 5.41 Å². The molecule has 1 atom stereocenters. The van der Waals surface area contributed by atoms with E-state index in [1.54, 1.807) is 20.2 Å². The quantitative estimate of drug-likeness (QED) is 0.785. The van der Waals surface area contributed by atoms with E-state index in [1.165, 1.54) is 0 Å². The summed E-state index contributed by atoms with van der Waals surface area (Å²) in [6.07, 6.45) is 4.31. The number of fused-ring (bicyclic) bond motifs is 3. The number of ether oxygens (including phenoxy) is 1. The molecular formula is C22H26N2O3. The largest absolute Gasteiger partial charge is 0.496 e. The lowest BCUT2D eigenvalue weighted by Crippen LogP contribution is -2.45. The number of benzene rings is 1. The van der Waals surface area contributed by atoms with Crippen molar-refractivity contribution >= 4 is 17.4 Å². The molecule has 0 spiro atoms. The predicted octanol–water partition coefficient (Wildman–Crippen LogP) is 4.23. The van der Waals surface area contributed by atoms with Gasteiger partial charge >= 0.3 is 5.97 Å². The Bertz CT molecular complexity index is 916. The van der Waals surface area contributed by atoms with Crippen molar-refractivity contribution < 1.29 is 14.6 Å². The number of allylic oxidation sites excluding steroid dienone is 1. The number of hydrogen-bond acceptors (Lipinski definition) is 4. The Balaban J connectivity index is 2.25. The molecule has 0 radical (unpaired) electrons. The summed E-state index contributed by atoms with van der Waals surface area (Å²) in [5.74, 6) is -0.323. The fraction of sp³-hybridized carbons (Fsp3) is 0.364. The van der Waals surface area contributed by atoms with Gasteiger partial charge in [-0.15, -0.1) is 0 Å². The predicted molar refractivity (Wildman–Crippen MR) is 107 cm³/mol. The van der Waals surface area contributed by atoms with Crippen LogP contribution >= 0.6 is 0 Å². The molecule has 27 heavy (non-hydrogen) atoms. The van der Waals surface area contributed by atoms with E-state index in [2.05, 4.69) is 32.3 Å². The summed E-state index contributed by atoms with van der Waals surface area (Å²) < 4.78 is 5.51. The second-order valence-electron chi connectivity index (χ2n) is 8.23. The zero-order valence-corrected chi connectivity index (χ0v) is 16.5. The highest BCUT2D eigenvalue weighted by Crippen LogP contribution is 2.44. The lowest BCUT2D eigenvalue weighted by atomic mass is 9.76. The standard InChI is InChI=1S/C22H26N2O3/c1-12-7-18-16-10-19(27-6)15(13(2)23)8-14(16)9-20(22(3,4)5)24(18)11-17(12)21(25)26/h7-8,10-11,20,23H,1,9H2,2-6H3,(H,25,26). The molecule has 2 aliphatic heterocycles. The van der Waals surface area contributed by atoms with Crippen LogP contribution in [-0.2, 0) is 11.2 Å². The van der Waals surface area contributed by atoms with Crippen LogP contribution in [-0.4, -0.2) is 34.8 Å². The van der Waals surface area contributed by atoms with Gasteiger partial charge in [-0.3, -0.25) is 0 Å². The second kappa shape index (κ2) is 6.41. The molecule has 1 aromatic carbocycles. The highest BCUT2D eigenvalue weighted by Gasteiger charge is 2.39. The number of aliphatic carboxylic acids is 1. The zero-order chi connectivity index (χ0) is 20.1. The van der Waals surface area contributed by atoms with Crippen molar-refractivity contribution in [2.45, 2.75) is 40.2 Å². The van der Waals surface area contributed by atoms with Gasteiger partial charge < -0.3 is 20.2 Å². The highest BCUT2D eigenvalue weighted by atomic mass is 16.5. The molecule has 0 bridgehead atoms. The van der Waals surface area contributed by atoms with Gasteiger partial charge in [0.25, 0.3) is 0 Å². The van der Waals surface area contributed by atoms with Crippen LogP contribution in [0.5, 0.6) is 5.75 Å². The van der Waals surface area contributed by atoms with E-state index >= 15 is 0 Å². The van der Waals surface area contributed by atoms with Crippen LogP contribution in [0.1, 0.15) is 44.4 Å². The first-order chi connectivity index (χ1) is 12.5. The monoisotopic (exact) mass is 366 g/mol. The number of hydrogen-bond donors (Lipinski definition) is 2.